The number of hydrogen-bond acceptors (Lipinski definition) is 5. The van der Waals surface area contributed by atoms with Gasteiger partial charge in [0.1, 0.15) is 16.5 Å². The largest absolute Gasteiger partial charge is 0.366 e. The molecule has 168 valence electrons. The quantitative estimate of drug-likeness (QED) is 0.655. The Labute approximate surface area is 190 Å². The molecule has 1 aliphatic carbocycles. The van der Waals surface area contributed by atoms with E-state index in [1.807, 2.05) is 15.9 Å². The van der Waals surface area contributed by atoms with Gasteiger partial charge >= 0.3 is 0 Å². The molecule has 0 unspecified atom stereocenters. The lowest BCUT2D eigenvalue weighted by atomic mass is 9.89. The van der Waals surface area contributed by atoms with E-state index < -0.39 is 0 Å². The summed E-state index contributed by atoms with van der Waals surface area (Å²) in [5, 5.41) is 0.747. The van der Waals surface area contributed by atoms with Crippen molar-refractivity contribution in [2.75, 3.05) is 31.1 Å². The van der Waals surface area contributed by atoms with E-state index in [1.54, 1.807) is 23.5 Å². The first-order valence-electron chi connectivity index (χ1n) is 11.3. The molecule has 5 rings (SSSR count). The van der Waals surface area contributed by atoms with Gasteiger partial charge in [-0.1, -0.05) is 19.1 Å². The van der Waals surface area contributed by atoms with Gasteiger partial charge in [-0.05, 0) is 42.9 Å². The number of aromatic amines is 1. The first-order valence-corrected chi connectivity index (χ1v) is 12.1. The van der Waals surface area contributed by atoms with Gasteiger partial charge in [-0.25, -0.2) is 9.37 Å². The number of thiophene rings is 1. The summed E-state index contributed by atoms with van der Waals surface area (Å²) < 4.78 is 14.0. The molecule has 8 heteroatoms. The number of nitrogens with one attached hydrogen (secondary N) is 1. The molecular formula is C24H27FN4O2S. The molecule has 1 saturated heterocycles. The van der Waals surface area contributed by atoms with E-state index >= 15 is 0 Å². The van der Waals surface area contributed by atoms with Crippen LogP contribution >= 0.6 is 11.3 Å². The number of amides is 1. The highest BCUT2D eigenvalue weighted by molar-refractivity contribution is 7.18. The lowest BCUT2D eigenvalue weighted by Crippen LogP contribution is -2.49. The van der Waals surface area contributed by atoms with Gasteiger partial charge in [0.15, 0.2) is 0 Å². The Morgan fingerprint density at radius 2 is 2.03 bits per heavy atom. The molecule has 0 saturated carbocycles. The summed E-state index contributed by atoms with van der Waals surface area (Å²) in [6, 6.07) is 6.74. The van der Waals surface area contributed by atoms with Crippen LogP contribution in [0.25, 0.3) is 10.2 Å². The maximum atomic E-state index is 14.0. The Hall–Kier alpha value is -2.74. The second-order valence-corrected chi connectivity index (χ2v) is 9.95. The standard InChI is InChI=1S/C24H27FN4O2S/c1-15-6-7-16-19(14-15)32-24-22(16)23(31)26-20(27-24)8-9-21(30)29-12-10-28(11-13-29)18-5-3-2-4-17(18)25/h2-5,15H,6-14H2,1H3,(H,26,27,31)/t15-/m0/s1. The molecule has 1 aliphatic heterocycles. The van der Waals surface area contributed by atoms with E-state index in [4.69, 9.17) is 0 Å². The molecular weight excluding hydrogens is 427 g/mol. The molecule has 0 bridgehead atoms. The molecule has 32 heavy (non-hydrogen) atoms. The molecule has 6 nitrogen and oxygen atoms in total. The highest BCUT2D eigenvalue weighted by Gasteiger charge is 2.25. The van der Waals surface area contributed by atoms with Gasteiger partial charge in [-0.15, -0.1) is 11.3 Å². The maximum absolute atomic E-state index is 14.0. The zero-order valence-corrected chi connectivity index (χ0v) is 19.0. The third-order valence-electron chi connectivity index (χ3n) is 6.62. The number of anilines is 1. The van der Waals surface area contributed by atoms with Crippen LogP contribution in [0.4, 0.5) is 10.1 Å². The van der Waals surface area contributed by atoms with Crippen LogP contribution < -0.4 is 10.5 Å². The minimum atomic E-state index is -0.234. The summed E-state index contributed by atoms with van der Waals surface area (Å²) in [6.07, 6.45) is 3.78. The number of fused-ring (bicyclic) bond motifs is 3. The first-order chi connectivity index (χ1) is 15.5. The van der Waals surface area contributed by atoms with E-state index in [9.17, 15) is 14.0 Å². The van der Waals surface area contributed by atoms with E-state index in [-0.39, 0.29) is 17.3 Å². The van der Waals surface area contributed by atoms with Crippen molar-refractivity contribution in [1.29, 1.82) is 0 Å². The molecule has 2 aromatic heterocycles. The zero-order valence-electron chi connectivity index (χ0n) is 18.2. The summed E-state index contributed by atoms with van der Waals surface area (Å²) in [5.41, 5.74) is 1.68. The lowest BCUT2D eigenvalue weighted by molar-refractivity contribution is -0.131. The lowest BCUT2D eigenvalue weighted by Gasteiger charge is -2.36. The highest BCUT2D eigenvalue weighted by Crippen LogP contribution is 2.35. The number of halogens is 1. The zero-order chi connectivity index (χ0) is 22.2. The summed E-state index contributed by atoms with van der Waals surface area (Å²) in [4.78, 5) is 39.0. The number of aromatic nitrogens is 2. The summed E-state index contributed by atoms with van der Waals surface area (Å²) in [7, 11) is 0. The number of benzene rings is 1. The number of carbonyl (C=O) groups excluding carboxylic acids is 1. The number of aryl methyl sites for hydroxylation is 2. The monoisotopic (exact) mass is 454 g/mol. The van der Waals surface area contributed by atoms with Crippen LogP contribution in [0.3, 0.4) is 0 Å². The SMILES string of the molecule is C[C@H]1CCc2c(sc3nc(CCC(=O)N4CCN(c5ccccc5F)CC4)[nH]c(=O)c23)C1. The van der Waals surface area contributed by atoms with E-state index in [0.717, 1.165) is 29.5 Å². The summed E-state index contributed by atoms with van der Waals surface area (Å²) in [5.74, 6) is 1.03. The van der Waals surface area contributed by atoms with Crippen molar-refractivity contribution >= 4 is 33.1 Å². The fraction of sp³-hybridized carbons (Fsp3) is 0.458. The molecule has 1 N–H and O–H groups in total. The molecule has 1 amide bonds. The van der Waals surface area contributed by atoms with Crippen LogP contribution in [0.1, 0.15) is 36.0 Å². The van der Waals surface area contributed by atoms with Crippen LogP contribution in [0, 0.1) is 11.7 Å². The van der Waals surface area contributed by atoms with E-state index in [1.165, 1.54) is 16.5 Å². The van der Waals surface area contributed by atoms with Gasteiger partial charge in [0.25, 0.3) is 5.56 Å². The average Bonchev–Trinajstić information content (AvgIpc) is 3.15. The molecule has 0 spiro atoms. The number of carbonyl (C=O) groups is 1. The summed E-state index contributed by atoms with van der Waals surface area (Å²) in [6.45, 7) is 4.58. The second-order valence-electron chi connectivity index (χ2n) is 8.86. The maximum Gasteiger partial charge on any atom is 0.259 e. The number of para-hydroxylation sites is 1. The predicted molar refractivity (Wildman–Crippen MR) is 125 cm³/mol. The van der Waals surface area contributed by atoms with Gasteiger partial charge in [-0.2, -0.15) is 0 Å². The van der Waals surface area contributed by atoms with Crippen LogP contribution in [0.5, 0.6) is 0 Å². The number of rotatable bonds is 4. The Balaban J connectivity index is 1.22. The molecule has 1 aromatic carbocycles. The first kappa shape index (κ1) is 21.1. The van der Waals surface area contributed by atoms with Crippen molar-refractivity contribution < 1.29 is 9.18 Å². The van der Waals surface area contributed by atoms with Crippen LogP contribution in [0.15, 0.2) is 29.1 Å². The third-order valence-corrected chi connectivity index (χ3v) is 7.76. The molecule has 1 atom stereocenters. The van der Waals surface area contributed by atoms with Gasteiger partial charge in [0.05, 0.1) is 11.1 Å². The number of H-pyrrole nitrogens is 1. The van der Waals surface area contributed by atoms with E-state index in [2.05, 4.69) is 16.9 Å². The van der Waals surface area contributed by atoms with Crippen molar-refractivity contribution in [2.45, 2.75) is 39.0 Å². The Morgan fingerprint density at radius 3 is 2.81 bits per heavy atom. The Bertz CT molecular complexity index is 1210. The third kappa shape index (κ3) is 4.03. The van der Waals surface area contributed by atoms with Crippen molar-refractivity contribution in [2.24, 2.45) is 5.92 Å². The normalized spacial score (nSPS) is 18.8. The smallest absolute Gasteiger partial charge is 0.259 e. The molecule has 0 radical (unpaired) electrons. The molecule has 2 aliphatic rings. The van der Waals surface area contributed by atoms with Gasteiger partial charge < -0.3 is 14.8 Å². The number of nitrogens with zero attached hydrogens (tertiary/aromatic N) is 3. The molecule has 3 aromatic rings. The van der Waals surface area contributed by atoms with E-state index in [0.29, 0.717) is 56.5 Å². The van der Waals surface area contributed by atoms with Crippen molar-refractivity contribution in [3.05, 3.63) is 56.7 Å². The topological polar surface area (TPSA) is 69.3 Å². The van der Waals surface area contributed by atoms with Crippen LogP contribution in [-0.2, 0) is 24.1 Å². The van der Waals surface area contributed by atoms with Crippen LogP contribution in [0.2, 0.25) is 0 Å². The van der Waals surface area contributed by atoms with Gasteiger partial charge in [0, 0.05) is 43.9 Å². The predicted octanol–water partition coefficient (Wildman–Crippen LogP) is 3.53. The summed E-state index contributed by atoms with van der Waals surface area (Å²) >= 11 is 1.63. The second kappa shape index (κ2) is 8.65. The fourth-order valence-corrected chi connectivity index (χ4v) is 6.20. The average molecular weight is 455 g/mol. The Morgan fingerprint density at radius 1 is 1.25 bits per heavy atom. The molecule has 1 fully saturated rings. The van der Waals surface area contributed by atoms with Crippen molar-refractivity contribution in [3.63, 3.8) is 0 Å². The van der Waals surface area contributed by atoms with Crippen molar-refractivity contribution in [1.82, 2.24) is 14.9 Å². The molecule has 3 heterocycles. The van der Waals surface area contributed by atoms with Gasteiger partial charge in [-0.3, -0.25) is 9.59 Å². The fourth-order valence-electron chi connectivity index (χ4n) is 4.80. The minimum Gasteiger partial charge on any atom is -0.366 e. The minimum absolute atomic E-state index is 0.0419. The van der Waals surface area contributed by atoms with Crippen LogP contribution in [-0.4, -0.2) is 47.0 Å². The van der Waals surface area contributed by atoms with Crippen molar-refractivity contribution in [3.8, 4) is 0 Å². The highest BCUT2D eigenvalue weighted by atomic mass is 32.1. The van der Waals surface area contributed by atoms with Gasteiger partial charge in [0.2, 0.25) is 5.91 Å². The number of hydrogen-bond donors (Lipinski definition) is 1. The Kier molecular flexibility index (Phi) is 5.71. The number of piperazine rings is 1.